The van der Waals surface area contributed by atoms with Gasteiger partial charge in [0.15, 0.2) is 17.5 Å². The minimum Gasteiger partial charge on any atom is -0.493 e. The van der Waals surface area contributed by atoms with Gasteiger partial charge in [-0.25, -0.2) is 4.99 Å². The second-order valence-electron chi connectivity index (χ2n) is 6.11. The molecule has 7 heteroatoms. The highest BCUT2D eigenvalue weighted by Gasteiger charge is 2.13. The van der Waals surface area contributed by atoms with Crippen LogP contribution in [0.1, 0.15) is 40.2 Å². The standard InChI is InChI=1S/C17H28ClN3O2.HI/c1-7-19-16(21-17(3,4)5)20-11-12-9-13(18)15(23-8-2)14(10-12)22-6;/h9-10H,7-8,11H2,1-6H3,(H2,19,20,21);1H. The highest BCUT2D eigenvalue weighted by molar-refractivity contribution is 14.0. The Kier molecular flexibility index (Phi) is 10.5. The molecule has 0 saturated heterocycles. The van der Waals surface area contributed by atoms with Gasteiger partial charge in [-0.2, -0.15) is 0 Å². The largest absolute Gasteiger partial charge is 0.493 e. The Morgan fingerprint density at radius 2 is 1.92 bits per heavy atom. The first-order valence-corrected chi connectivity index (χ1v) is 8.24. The number of guanidine groups is 1. The first-order chi connectivity index (χ1) is 10.8. The van der Waals surface area contributed by atoms with Crippen molar-refractivity contribution in [1.29, 1.82) is 0 Å². The summed E-state index contributed by atoms with van der Waals surface area (Å²) in [4.78, 5) is 4.60. The van der Waals surface area contributed by atoms with E-state index in [1.807, 2.05) is 26.0 Å². The number of hydrogen-bond donors (Lipinski definition) is 2. The summed E-state index contributed by atoms with van der Waals surface area (Å²) in [6.45, 7) is 12.1. The van der Waals surface area contributed by atoms with Crippen LogP contribution in [0.4, 0.5) is 0 Å². The summed E-state index contributed by atoms with van der Waals surface area (Å²) in [6.07, 6.45) is 0. The minimum atomic E-state index is -0.0604. The third-order valence-electron chi connectivity index (χ3n) is 2.84. The van der Waals surface area contributed by atoms with Gasteiger partial charge in [-0.1, -0.05) is 11.6 Å². The second kappa shape index (κ2) is 10.9. The van der Waals surface area contributed by atoms with Crippen LogP contribution < -0.4 is 20.1 Å². The third-order valence-corrected chi connectivity index (χ3v) is 3.12. The van der Waals surface area contributed by atoms with E-state index < -0.39 is 0 Å². The van der Waals surface area contributed by atoms with Crippen LogP contribution in [0.3, 0.4) is 0 Å². The van der Waals surface area contributed by atoms with Crippen LogP contribution in [0.15, 0.2) is 17.1 Å². The molecule has 1 aromatic carbocycles. The molecule has 0 aliphatic rings. The van der Waals surface area contributed by atoms with Gasteiger partial charge in [0.1, 0.15) is 0 Å². The second-order valence-corrected chi connectivity index (χ2v) is 6.52. The molecule has 0 spiro atoms. The van der Waals surface area contributed by atoms with E-state index >= 15 is 0 Å². The van der Waals surface area contributed by atoms with Crippen molar-refractivity contribution in [1.82, 2.24) is 10.6 Å². The van der Waals surface area contributed by atoms with Crippen LogP contribution >= 0.6 is 35.6 Å². The fraction of sp³-hybridized carbons (Fsp3) is 0.588. The molecule has 0 aromatic heterocycles. The number of aliphatic imine (C=N–C) groups is 1. The van der Waals surface area contributed by atoms with E-state index in [0.29, 0.717) is 29.7 Å². The predicted octanol–water partition coefficient (Wildman–Crippen LogP) is 4.22. The minimum absolute atomic E-state index is 0. The zero-order valence-electron chi connectivity index (χ0n) is 15.3. The van der Waals surface area contributed by atoms with E-state index in [1.54, 1.807) is 7.11 Å². The van der Waals surface area contributed by atoms with Crippen molar-refractivity contribution in [3.8, 4) is 11.5 Å². The molecule has 0 unspecified atom stereocenters. The third kappa shape index (κ3) is 7.79. The van der Waals surface area contributed by atoms with Crippen molar-refractivity contribution >= 4 is 41.5 Å². The van der Waals surface area contributed by atoms with Crippen molar-refractivity contribution in [3.05, 3.63) is 22.7 Å². The molecule has 0 bridgehead atoms. The summed E-state index contributed by atoms with van der Waals surface area (Å²) in [6, 6.07) is 3.76. The van der Waals surface area contributed by atoms with E-state index in [-0.39, 0.29) is 29.5 Å². The predicted molar refractivity (Wildman–Crippen MR) is 112 cm³/mol. The fourth-order valence-corrected chi connectivity index (χ4v) is 2.27. The molecule has 0 saturated carbocycles. The Morgan fingerprint density at radius 3 is 2.42 bits per heavy atom. The molecule has 1 rings (SSSR count). The maximum absolute atomic E-state index is 6.29. The Balaban J connectivity index is 0.00000529. The number of methoxy groups -OCH3 is 1. The van der Waals surface area contributed by atoms with Gasteiger partial charge in [0.25, 0.3) is 0 Å². The highest BCUT2D eigenvalue weighted by atomic mass is 127. The average Bonchev–Trinajstić information content (AvgIpc) is 2.46. The molecule has 138 valence electrons. The van der Waals surface area contributed by atoms with Crippen molar-refractivity contribution < 1.29 is 9.47 Å². The first-order valence-electron chi connectivity index (χ1n) is 7.86. The Labute approximate surface area is 167 Å². The van der Waals surface area contributed by atoms with Gasteiger partial charge in [0.05, 0.1) is 25.3 Å². The smallest absolute Gasteiger partial charge is 0.191 e. The first kappa shape index (κ1) is 23.1. The summed E-state index contributed by atoms with van der Waals surface area (Å²) in [5.41, 5.74) is 0.899. The molecule has 0 heterocycles. The molecule has 0 atom stereocenters. The van der Waals surface area contributed by atoms with E-state index in [4.69, 9.17) is 21.1 Å². The number of halogens is 2. The van der Waals surface area contributed by atoms with Crippen LogP contribution in [0.5, 0.6) is 11.5 Å². The van der Waals surface area contributed by atoms with Crippen molar-refractivity contribution in [2.45, 2.75) is 46.7 Å². The van der Waals surface area contributed by atoms with Crippen molar-refractivity contribution in [2.24, 2.45) is 4.99 Å². The van der Waals surface area contributed by atoms with Gasteiger partial charge in [0, 0.05) is 12.1 Å². The van der Waals surface area contributed by atoms with Crippen LogP contribution in [0, 0.1) is 0 Å². The Hall–Kier alpha value is -0.890. The lowest BCUT2D eigenvalue weighted by Crippen LogP contribution is -2.47. The number of ether oxygens (including phenoxy) is 2. The molecule has 0 fully saturated rings. The zero-order chi connectivity index (χ0) is 17.5. The lowest BCUT2D eigenvalue weighted by atomic mass is 10.1. The average molecular weight is 470 g/mol. The van der Waals surface area contributed by atoms with Crippen LogP contribution in [0.2, 0.25) is 5.02 Å². The topological polar surface area (TPSA) is 54.9 Å². The van der Waals surface area contributed by atoms with E-state index in [2.05, 4.69) is 36.4 Å². The number of nitrogens with one attached hydrogen (secondary N) is 2. The normalized spacial score (nSPS) is 11.5. The SMILES string of the molecule is CCNC(=NCc1cc(Cl)c(OCC)c(OC)c1)NC(C)(C)C.I. The maximum atomic E-state index is 6.29. The molecule has 5 nitrogen and oxygen atoms in total. The van der Waals surface area contributed by atoms with Crippen molar-refractivity contribution in [3.63, 3.8) is 0 Å². The van der Waals surface area contributed by atoms with Gasteiger partial charge in [-0.05, 0) is 52.3 Å². The molecule has 1 aromatic rings. The molecular formula is C17H29ClIN3O2. The van der Waals surface area contributed by atoms with Gasteiger partial charge in [0.2, 0.25) is 0 Å². The lowest BCUT2D eigenvalue weighted by Gasteiger charge is -2.23. The molecule has 0 amide bonds. The van der Waals surface area contributed by atoms with Gasteiger partial charge < -0.3 is 20.1 Å². The molecular weight excluding hydrogens is 441 g/mol. The Bertz CT molecular complexity index is 545. The Morgan fingerprint density at radius 1 is 1.25 bits per heavy atom. The molecule has 0 radical (unpaired) electrons. The quantitative estimate of drug-likeness (QED) is 0.372. The number of benzene rings is 1. The van der Waals surface area contributed by atoms with Gasteiger partial charge in [-0.3, -0.25) is 0 Å². The van der Waals surface area contributed by atoms with Crippen LogP contribution in [-0.2, 0) is 6.54 Å². The summed E-state index contributed by atoms with van der Waals surface area (Å²) in [7, 11) is 1.60. The van der Waals surface area contributed by atoms with E-state index in [9.17, 15) is 0 Å². The monoisotopic (exact) mass is 469 g/mol. The van der Waals surface area contributed by atoms with Crippen molar-refractivity contribution in [2.75, 3.05) is 20.3 Å². The maximum Gasteiger partial charge on any atom is 0.191 e. The van der Waals surface area contributed by atoms with E-state index in [0.717, 1.165) is 18.1 Å². The lowest BCUT2D eigenvalue weighted by molar-refractivity contribution is 0.311. The number of nitrogens with zero attached hydrogens (tertiary/aromatic N) is 1. The fourth-order valence-electron chi connectivity index (χ4n) is 1.98. The van der Waals surface area contributed by atoms with Gasteiger partial charge in [-0.15, -0.1) is 24.0 Å². The zero-order valence-corrected chi connectivity index (χ0v) is 18.4. The highest BCUT2D eigenvalue weighted by Crippen LogP contribution is 2.36. The summed E-state index contributed by atoms with van der Waals surface area (Å²) < 4.78 is 10.9. The molecule has 0 aliphatic carbocycles. The molecule has 0 aliphatic heterocycles. The number of rotatable bonds is 6. The molecule has 2 N–H and O–H groups in total. The van der Waals surface area contributed by atoms with Gasteiger partial charge >= 0.3 is 0 Å². The van der Waals surface area contributed by atoms with Crippen LogP contribution in [0.25, 0.3) is 0 Å². The van der Waals surface area contributed by atoms with E-state index in [1.165, 1.54) is 0 Å². The summed E-state index contributed by atoms with van der Waals surface area (Å²) in [5.74, 6) is 1.96. The summed E-state index contributed by atoms with van der Waals surface area (Å²) >= 11 is 6.29. The van der Waals surface area contributed by atoms with Crippen LogP contribution in [-0.4, -0.2) is 31.8 Å². The molecule has 24 heavy (non-hydrogen) atoms. The number of hydrogen-bond acceptors (Lipinski definition) is 3. The summed E-state index contributed by atoms with van der Waals surface area (Å²) in [5, 5.41) is 7.12.